The van der Waals surface area contributed by atoms with E-state index in [1.165, 1.54) is 11.8 Å². The van der Waals surface area contributed by atoms with Gasteiger partial charge in [0.2, 0.25) is 17.9 Å². The van der Waals surface area contributed by atoms with Gasteiger partial charge >= 0.3 is 0 Å². The lowest BCUT2D eigenvalue weighted by molar-refractivity contribution is -0.119. The van der Waals surface area contributed by atoms with Crippen molar-refractivity contribution in [3.8, 4) is 11.5 Å². The molecule has 3 heterocycles. The summed E-state index contributed by atoms with van der Waals surface area (Å²) < 4.78 is 12.4. The minimum Gasteiger partial charge on any atom is -0.454 e. The fourth-order valence-electron chi connectivity index (χ4n) is 2.89. The van der Waals surface area contributed by atoms with Crippen LogP contribution in [0.15, 0.2) is 29.4 Å². The molecule has 0 fully saturated rings. The third-order valence-electron chi connectivity index (χ3n) is 4.21. The number of aryl methyl sites for hydroxylation is 2. The van der Waals surface area contributed by atoms with E-state index in [1.54, 1.807) is 4.52 Å². The molecule has 1 atom stereocenters. The first-order valence-corrected chi connectivity index (χ1v) is 9.51. The van der Waals surface area contributed by atoms with Gasteiger partial charge in [-0.15, -0.1) is 5.10 Å². The Morgan fingerprint density at radius 3 is 2.93 bits per heavy atom. The lowest BCUT2D eigenvalue weighted by atomic mass is 10.1. The average Bonchev–Trinajstić information content (AvgIpc) is 3.25. The molecule has 0 radical (unpaired) electrons. The van der Waals surface area contributed by atoms with Gasteiger partial charge in [-0.25, -0.2) is 9.50 Å². The molecule has 27 heavy (non-hydrogen) atoms. The van der Waals surface area contributed by atoms with Gasteiger partial charge in [0, 0.05) is 11.4 Å². The van der Waals surface area contributed by atoms with E-state index in [-0.39, 0.29) is 24.5 Å². The fourth-order valence-corrected chi connectivity index (χ4v) is 3.52. The predicted molar refractivity (Wildman–Crippen MR) is 100 cm³/mol. The number of nitrogens with zero attached hydrogens (tertiary/aromatic N) is 4. The van der Waals surface area contributed by atoms with Crippen LogP contribution in [0.3, 0.4) is 0 Å². The van der Waals surface area contributed by atoms with Gasteiger partial charge in [0.15, 0.2) is 11.5 Å². The first-order valence-electron chi connectivity index (χ1n) is 8.52. The lowest BCUT2D eigenvalue weighted by Gasteiger charge is -2.14. The molecule has 3 aromatic rings. The van der Waals surface area contributed by atoms with E-state index in [9.17, 15) is 4.79 Å². The highest BCUT2D eigenvalue weighted by Gasteiger charge is 2.17. The molecule has 0 bridgehead atoms. The van der Waals surface area contributed by atoms with Crippen LogP contribution in [0, 0.1) is 13.8 Å². The van der Waals surface area contributed by atoms with Crippen molar-refractivity contribution in [2.75, 3.05) is 12.5 Å². The van der Waals surface area contributed by atoms with Crippen LogP contribution < -0.4 is 14.8 Å². The number of amides is 1. The number of thioether (sulfide) groups is 1. The second-order valence-corrected chi connectivity index (χ2v) is 7.28. The Morgan fingerprint density at radius 1 is 1.26 bits per heavy atom. The first-order chi connectivity index (χ1) is 13.0. The molecule has 140 valence electrons. The van der Waals surface area contributed by atoms with Crippen molar-refractivity contribution < 1.29 is 14.3 Å². The van der Waals surface area contributed by atoms with E-state index in [2.05, 4.69) is 20.4 Å². The van der Waals surface area contributed by atoms with E-state index in [0.29, 0.717) is 16.7 Å². The molecule has 0 unspecified atom stereocenters. The highest BCUT2D eigenvalue weighted by molar-refractivity contribution is 7.99. The third-order valence-corrected chi connectivity index (χ3v) is 5.04. The molecular weight excluding hydrogens is 366 g/mol. The number of rotatable bonds is 5. The number of aromatic nitrogens is 4. The third kappa shape index (κ3) is 3.68. The monoisotopic (exact) mass is 385 g/mol. The zero-order valence-electron chi connectivity index (χ0n) is 15.2. The van der Waals surface area contributed by atoms with Crippen molar-refractivity contribution in [2.24, 2.45) is 0 Å². The van der Waals surface area contributed by atoms with Crippen LogP contribution >= 0.6 is 11.8 Å². The predicted octanol–water partition coefficient (Wildman–Crippen LogP) is 2.44. The number of ether oxygens (including phenoxy) is 2. The average molecular weight is 385 g/mol. The Balaban J connectivity index is 1.37. The molecule has 0 saturated heterocycles. The molecular formula is C18H19N5O3S. The molecule has 0 saturated carbocycles. The van der Waals surface area contributed by atoms with Crippen LogP contribution in [0.1, 0.15) is 29.9 Å². The number of nitrogens with one attached hydrogen (secondary N) is 1. The molecule has 2 aromatic heterocycles. The number of carbonyl (C=O) groups excluding carboxylic acids is 1. The van der Waals surface area contributed by atoms with Crippen molar-refractivity contribution in [1.29, 1.82) is 0 Å². The summed E-state index contributed by atoms with van der Waals surface area (Å²) in [5.74, 6) is 2.11. The van der Waals surface area contributed by atoms with Crippen molar-refractivity contribution in [3.05, 3.63) is 41.2 Å². The molecule has 9 heteroatoms. The van der Waals surface area contributed by atoms with E-state index < -0.39 is 0 Å². The van der Waals surface area contributed by atoms with Crippen LogP contribution in [-0.4, -0.2) is 38.0 Å². The van der Waals surface area contributed by atoms with Gasteiger partial charge in [-0.2, -0.15) is 4.98 Å². The fraction of sp³-hybridized carbons (Fsp3) is 0.333. The zero-order valence-corrected chi connectivity index (χ0v) is 16.0. The summed E-state index contributed by atoms with van der Waals surface area (Å²) in [5.41, 5.74) is 2.80. The molecule has 1 aliphatic rings. The standard InChI is InChI=1S/C18H19N5O3S/c1-10-6-11(2)23-17(19-10)21-18(22-23)27-8-16(24)20-12(3)13-4-5-14-15(7-13)26-9-25-14/h4-7,12H,8-9H2,1-3H3,(H,20,24)/t12-/m0/s1. The highest BCUT2D eigenvalue weighted by atomic mass is 32.2. The normalized spacial score (nSPS) is 13.7. The van der Waals surface area contributed by atoms with Crippen molar-refractivity contribution in [2.45, 2.75) is 32.0 Å². The molecule has 1 N–H and O–H groups in total. The first kappa shape index (κ1) is 17.6. The van der Waals surface area contributed by atoms with Crippen LogP contribution in [0.25, 0.3) is 5.78 Å². The van der Waals surface area contributed by atoms with Crippen molar-refractivity contribution in [3.63, 3.8) is 0 Å². The number of benzene rings is 1. The van der Waals surface area contributed by atoms with Crippen LogP contribution in [0.4, 0.5) is 0 Å². The van der Waals surface area contributed by atoms with Gasteiger partial charge < -0.3 is 14.8 Å². The van der Waals surface area contributed by atoms with Crippen molar-refractivity contribution in [1.82, 2.24) is 24.9 Å². The summed E-state index contributed by atoms with van der Waals surface area (Å²) in [5, 5.41) is 7.91. The number of hydrogen-bond acceptors (Lipinski definition) is 7. The minimum absolute atomic E-state index is 0.0927. The largest absolute Gasteiger partial charge is 0.454 e. The van der Waals surface area contributed by atoms with Gasteiger partial charge in [0.05, 0.1) is 11.8 Å². The van der Waals surface area contributed by atoms with Gasteiger partial charge in [-0.1, -0.05) is 17.8 Å². The van der Waals surface area contributed by atoms with Gasteiger partial charge in [0.25, 0.3) is 5.78 Å². The van der Waals surface area contributed by atoms with Crippen LogP contribution in [0.5, 0.6) is 11.5 Å². The molecule has 1 aliphatic heterocycles. The lowest BCUT2D eigenvalue weighted by Crippen LogP contribution is -2.28. The maximum absolute atomic E-state index is 12.3. The summed E-state index contributed by atoms with van der Waals surface area (Å²) >= 11 is 1.29. The second kappa shape index (κ2) is 7.07. The van der Waals surface area contributed by atoms with Gasteiger partial charge in [-0.05, 0) is 44.5 Å². The van der Waals surface area contributed by atoms with E-state index in [0.717, 1.165) is 22.7 Å². The summed E-state index contributed by atoms with van der Waals surface area (Å²) in [7, 11) is 0. The topological polar surface area (TPSA) is 90.6 Å². The van der Waals surface area contributed by atoms with E-state index >= 15 is 0 Å². The molecule has 4 rings (SSSR count). The minimum atomic E-state index is -0.145. The maximum Gasteiger partial charge on any atom is 0.253 e. The summed E-state index contributed by atoms with van der Waals surface area (Å²) in [6.07, 6.45) is 0. The highest BCUT2D eigenvalue weighted by Crippen LogP contribution is 2.34. The van der Waals surface area contributed by atoms with Gasteiger partial charge in [-0.3, -0.25) is 4.79 Å². The Hall–Kier alpha value is -2.81. The van der Waals surface area contributed by atoms with E-state index in [1.807, 2.05) is 45.0 Å². The molecule has 1 amide bonds. The van der Waals surface area contributed by atoms with Crippen LogP contribution in [0.2, 0.25) is 0 Å². The summed E-state index contributed by atoms with van der Waals surface area (Å²) in [6.45, 7) is 6.03. The number of hydrogen-bond donors (Lipinski definition) is 1. The molecule has 1 aromatic carbocycles. The molecule has 8 nitrogen and oxygen atoms in total. The molecule has 0 spiro atoms. The Morgan fingerprint density at radius 2 is 2.07 bits per heavy atom. The van der Waals surface area contributed by atoms with Crippen LogP contribution in [-0.2, 0) is 4.79 Å². The van der Waals surface area contributed by atoms with Gasteiger partial charge in [0.1, 0.15) is 0 Å². The Labute approximate surface area is 160 Å². The molecule has 0 aliphatic carbocycles. The van der Waals surface area contributed by atoms with Crippen molar-refractivity contribution >= 4 is 23.4 Å². The second-order valence-electron chi connectivity index (χ2n) is 6.34. The van der Waals surface area contributed by atoms with E-state index in [4.69, 9.17) is 9.47 Å². The number of carbonyl (C=O) groups is 1. The Bertz CT molecular complexity index is 1020. The number of fused-ring (bicyclic) bond motifs is 2. The summed E-state index contributed by atoms with van der Waals surface area (Å²) in [6, 6.07) is 7.46. The SMILES string of the molecule is Cc1cc(C)n2nc(SCC(=O)N[C@@H](C)c3ccc4c(c3)OCO4)nc2n1. The Kier molecular flexibility index (Phi) is 4.61. The quantitative estimate of drug-likeness (QED) is 0.675. The maximum atomic E-state index is 12.3. The summed E-state index contributed by atoms with van der Waals surface area (Å²) in [4.78, 5) is 21.0. The smallest absolute Gasteiger partial charge is 0.253 e. The zero-order chi connectivity index (χ0) is 19.0.